The second kappa shape index (κ2) is 5.14. The molecule has 0 bridgehead atoms. The van der Waals surface area contributed by atoms with E-state index >= 15 is 0 Å². The minimum atomic E-state index is -0.674. The molecule has 1 aliphatic rings. The number of likely N-dealkylation sites (tertiary alicyclic amines) is 1. The normalized spacial score (nSPS) is 25.2. The Morgan fingerprint density at radius 1 is 1.71 bits per heavy atom. The molecule has 1 aromatic rings. The molecule has 0 aliphatic carbocycles. The minimum Gasteiger partial charge on any atom is -0.480 e. The van der Waals surface area contributed by atoms with Crippen LogP contribution in [-0.4, -0.2) is 33.0 Å². The number of hydrogen-bond donors (Lipinski definition) is 1. The highest BCUT2D eigenvalue weighted by molar-refractivity contribution is 7.07. The smallest absolute Gasteiger partial charge is 0.324 e. The summed E-state index contributed by atoms with van der Waals surface area (Å²) in [4.78, 5) is 17.9. The zero-order valence-corrected chi connectivity index (χ0v) is 10.9. The third kappa shape index (κ3) is 2.35. The predicted molar refractivity (Wildman–Crippen MR) is 67.0 cm³/mol. The summed E-state index contributed by atoms with van der Waals surface area (Å²) in [6.07, 6.45) is 3.36. The maximum atomic E-state index is 11.6. The van der Waals surface area contributed by atoms with Crippen LogP contribution in [0.3, 0.4) is 0 Å². The van der Waals surface area contributed by atoms with Crippen LogP contribution in [0.2, 0.25) is 0 Å². The third-order valence-electron chi connectivity index (χ3n) is 3.52. The lowest BCUT2D eigenvalue weighted by Crippen LogP contribution is -2.50. The van der Waals surface area contributed by atoms with E-state index in [0.717, 1.165) is 37.9 Å². The highest BCUT2D eigenvalue weighted by atomic mass is 32.1. The highest BCUT2D eigenvalue weighted by Gasteiger charge is 2.46. The Hall–Kier alpha value is -0.940. The predicted octanol–water partition coefficient (Wildman–Crippen LogP) is 2.36. The molecule has 94 valence electrons. The number of carboxylic acid groups (broad SMARTS) is 1. The summed E-state index contributed by atoms with van der Waals surface area (Å²) in [5, 5.41) is 11.5. The summed E-state index contributed by atoms with van der Waals surface area (Å²) in [6.45, 7) is 3.57. The first-order chi connectivity index (χ1) is 8.19. The van der Waals surface area contributed by atoms with Crippen LogP contribution in [0.1, 0.15) is 38.3 Å². The van der Waals surface area contributed by atoms with Gasteiger partial charge in [-0.05, 0) is 25.8 Å². The Kier molecular flexibility index (Phi) is 3.79. The molecule has 0 aromatic carbocycles. The van der Waals surface area contributed by atoms with E-state index in [4.69, 9.17) is 0 Å². The fourth-order valence-electron chi connectivity index (χ4n) is 2.72. The SMILES string of the molecule is CCCC1(C(=O)O)CCCN1Cc1cscn1. The fourth-order valence-corrected chi connectivity index (χ4v) is 3.27. The Bertz CT molecular complexity index is 380. The van der Waals surface area contributed by atoms with E-state index < -0.39 is 11.5 Å². The van der Waals surface area contributed by atoms with Gasteiger partial charge >= 0.3 is 5.97 Å². The average Bonchev–Trinajstić information content (AvgIpc) is 2.91. The van der Waals surface area contributed by atoms with Gasteiger partial charge in [-0.25, -0.2) is 4.98 Å². The van der Waals surface area contributed by atoms with Crippen molar-refractivity contribution < 1.29 is 9.90 Å². The van der Waals surface area contributed by atoms with Gasteiger partial charge in [-0.1, -0.05) is 13.3 Å². The van der Waals surface area contributed by atoms with Gasteiger partial charge in [0.1, 0.15) is 5.54 Å². The molecule has 1 unspecified atom stereocenters. The van der Waals surface area contributed by atoms with Crippen molar-refractivity contribution in [3.63, 3.8) is 0 Å². The first kappa shape index (κ1) is 12.5. The number of rotatable bonds is 5. The Balaban J connectivity index is 2.16. The first-order valence-electron chi connectivity index (χ1n) is 6.04. The van der Waals surface area contributed by atoms with E-state index in [1.807, 2.05) is 12.3 Å². The molecule has 1 saturated heterocycles. The first-order valence-corrected chi connectivity index (χ1v) is 6.99. The maximum Gasteiger partial charge on any atom is 0.324 e. The quantitative estimate of drug-likeness (QED) is 0.876. The third-order valence-corrected chi connectivity index (χ3v) is 4.16. The number of aromatic nitrogens is 1. The van der Waals surface area contributed by atoms with E-state index in [2.05, 4.69) is 9.88 Å². The summed E-state index contributed by atoms with van der Waals surface area (Å²) in [6, 6.07) is 0. The van der Waals surface area contributed by atoms with E-state index in [9.17, 15) is 9.90 Å². The van der Waals surface area contributed by atoms with Crippen molar-refractivity contribution in [1.29, 1.82) is 0 Å². The van der Waals surface area contributed by atoms with Gasteiger partial charge in [0, 0.05) is 11.9 Å². The lowest BCUT2D eigenvalue weighted by Gasteiger charge is -2.34. The molecule has 2 heterocycles. The van der Waals surface area contributed by atoms with Gasteiger partial charge in [0.05, 0.1) is 11.2 Å². The standard InChI is InChI=1S/C12H18N2O2S/c1-2-4-12(11(15)16)5-3-6-14(12)7-10-8-17-9-13-10/h8-9H,2-7H2,1H3,(H,15,16). The second-order valence-electron chi connectivity index (χ2n) is 4.59. The molecule has 1 aliphatic heterocycles. The van der Waals surface area contributed by atoms with Crippen molar-refractivity contribution in [1.82, 2.24) is 9.88 Å². The minimum absolute atomic E-state index is 0.654. The van der Waals surface area contributed by atoms with Gasteiger partial charge in [-0.2, -0.15) is 0 Å². The van der Waals surface area contributed by atoms with Gasteiger partial charge in [-0.15, -0.1) is 11.3 Å². The molecule has 0 spiro atoms. The Morgan fingerprint density at radius 3 is 3.12 bits per heavy atom. The Labute approximate surface area is 105 Å². The lowest BCUT2D eigenvalue weighted by atomic mass is 9.90. The average molecular weight is 254 g/mol. The molecule has 1 fully saturated rings. The van der Waals surface area contributed by atoms with Crippen LogP contribution in [0, 0.1) is 0 Å². The number of thiazole rings is 1. The van der Waals surface area contributed by atoms with Crippen LogP contribution in [0.4, 0.5) is 0 Å². The van der Waals surface area contributed by atoms with E-state index in [1.165, 1.54) is 0 Å². The van der Waals surface area contributed by atoms with Crippen LogP contribution < -0.4 is 0 Å². The van der Waals surface area contributed by atoms with Gasteiger partial charge in [0.2, 0.25) is 0 Å². The summed E-state index contributed by atoms with van der Waals surface area (Å²) in [5.41, 5.74) is 2.13. The second-order valence-corrected chi connectivity index (χ2v) is 5.31. The Morgan fingerprint density at radius 2 is 2.53 bits per heavy atom. The molecule has 4 nitrogen and oxygen atoms in total. The fraction of sp³-hybridized carbons (Fsp3) is 0.667. The van der Waals surface area contributed by atoms with Gasteiger partial charge in [0.15, 0.2) is 0 Å². The van der Waals surface area contributed by atoms with Crippen LogP contribution in [-0.2, 0) is 11.3 Å². The van der Waals surface area contributed by atoms with Gasteiger partial charge in [-0.3, -0.25) is 9.69 Å². The molecule has 1 aromatic heterocycles. The molecule has 1 N–H and O–H groups in total. The number of aliphatic carboxylic acids is 1. The molecular formula is C12H18N2O2S. The van der Waals surface area contributed by atoms with E-state index in [-0.39, 0.29) is 0 Å². The van der Waals surface area contributed by atoms with Crippen molar-refractivity contribution in [3.05, 3.63) is 16.6 Å². The molecule has 17 heavy (non-hydrogen) atoms. The van der Waals surface area contributed by atoms with E-state index in [1.54, 1.807) is 16.8 Å². The van der Waals surface area contributed by atoms with Gasteiger partial charge < -0.3 is 5.11 Å². The molecule has 2 rings (SSSR count). The number of hydrogen-bond acceptors (Lipinski definition) is 4. The summed E-state index contributed by atoms with van der Waals surface area (Å²) >= 11 is 1.56. The highest BCUT2D eigenvalue weighted by Crippen LogP contribution is 2.35. The molecule has 0 amide bonds. The monoisotopic (exact) mass is 254 g/mol. The number of carboxylic acids is 1. The zero-order valence-electron chi connectivity index (χ0n) is 10.1. The molecule has 0 radical (unpaired) electrons. The molecule has 5 heteroatoms. The van der Waals surface area contributed by atoms with Crippen LogP contribution >= 0.6 is 11.3 Å². The lowest BCUT2D eigenvalue weighted by molar-refractivity contribution is -0.150. The maximum absolute atomic E-state index is 11.6. The topological polar surface area (TPSA) is 53.4 Å². The largest absolute Gasteiger partial charge is 0.480 e. The van der Waals surface area contributed by atoms with Crippen LogP contribution in [0.15, 0.2) is 10.9 Å². The molecular weight excluding hydrogens is 236 g/mol. The van der Waals surface area contributed by atoms with Crippen molar-refractivity contribution >= 4 is 17.3 Å². The number of nitrogens with zero attached hydrogens (tertiary/aromatic N) is 2. The van der Waals surface area contributed by atoms with Crippen molar-refractivity contribution in [2.24, 2.45) is 0 Å². The van der Waals surface area contributed by atoms with Crippen LogP contribution in [0.5, 0.6) is 0 Å². The van der Waals surface area contributed by atoms with Crippen molar-refractivity contribution in [2.75, 3.05) is 6.54 Å². The van der Waals surface area contributed by atoms with Gasteiger partial charge in [0.25, 0.3) is 0 Å². The zero-order chi connectivity index (χ0) is 12.3. The van der Waals surface area contributed by atoms with E-state index in [0.29, 0.717) is 6.54 Å². The summed E-state index contributed by atoms with van der Waals surface area (Å²) in [5.74, 6) is -0.674. The van der Waals surface area contributed by atoms with Crippen molar-refractivity contribution in [3.8, 4) is 0 Å². The summed E-state index contributed by atoms with van der Waals surface area (Å²) < 4.78 is 0. The number of carbonyl (C=O) groups is 1. The molecule has 1 atom stereocenters. The molecule has 0 saturated carbocycles. The van der Waals surface area contributed by atoms with Crippen LogP contribution in [0.25, 0.3) is 0 Å². The van der Waals surface area contributed by atoms with Crippen molar-refractivity contribution in [2.45, 2.75) is 44.7 Å². The summed E-state index contributed by atoms with van der Waals surface area (Å²) in [7, 11) is 0.